The summed E-state index contributed by atoms with van der Waals surface area (Å²) < 4.78 is 12.6. The number of nitriles is 1. The summed E-state index contributed by atoms with van der Waals surface area (Å²) in [6, 6.07) is 13.8. The van der Waals surface area contributed by atoms with Crippen LogP contribution in [0.15, 0.2) is 36.4 Å². The highest BCUT2D eigenvalue weighted by atomic mass is 16.5. The lowest BCUT2D eigenvalue weighted by Gasteiger charge is -2.05. The molecule has 0 amide bonds. The molecule has 0 aliphatic rings. The Labute approximate surface area is 153 Å². The molecule has 4 nitrogen and oxygen atoms in total. The first-order valence-electron chi connectivity index (χ1n) is 8.39. The summed E-state index contributed by atoms with van der Waals surface area (Å²) in [6.07, 6.45) is 0. The third-order valence-electron chi connectivity index (χ3n) is 4.45. The van der Waals surface area contributed by atoms with E-state index >= 15 is 0 Å². The second kappa shape index (κ2) is 7.25. The van der Waals surface area contributed by atoms with Gasteiger partial charge in [0.2, 0.25) is 0 Å². The Balaban J connectivity index is 2.18. The summed E-state index contributed by atoms with van der Waals surface area (Å²) in [7, 11) is 3.28. The fourth-order valence-electron chi connectivity index (χ4n) is 3.06. The maximum absolute atomic E-state index is 9.69. The quantitative estimate of drug-likeness (QED) is 0.667. The van der Waals surface area contributed by atoms with Gasteiger partial charge in [0.1, 0.15) is 23.3 Å². The van der Waals surface area contributed by atoms with Gasteiger partial charge < -0.3 is 14.0 Å². The maximum Gasteiger partial charge on any atom is 0.120 e. The molecule has 0 aliphatic carbocycles. The Bertz CT molecular complexity index is 1080. The molecule has 3 aromatic rings. The van der Waals surface area contributed by atoms with Gasteiger partial charge in [-0.25, -0.2) is 0 Å². The number of fused-ring (bicyclic) bond motifs is 1. The van der Waals surface area contributed by atoms with E-state index in [1.165, 1.54) is 0 Å². The second-order valence-electron chi connectivity index (χ2n) is 5.89. The van der Waals surface area contributed by atoms with E-state index in [2.05, 4.69) is 22.5 Å². The Kier molecular flexibility index (Phi) is 4.87. The van der Waals surface area contributed by atoms with Gasteiger partial charge in [-0.05, 0) is 55.7 Å². The van der Waals surface area contributed by atoms with Gasteiger partial charge in [0.15, 0.2) is 0 Å². The van der Waals surface area contributed by atoms with Gasteiger partial charge in [-0.15, -0.1) is 0 Å². The molecule has 0 bridgehead atoms. The largest absolute Gasteiger partial charge is 0.497 e. The highest BCUT2D eigenvalue weighted by molar-refractivity contribution is 5.90. The molecule has 0 fully saturated rings. The van der Waals surface area contributed by atoms with Crippen molar-refractivity contribution in [2.45, 2.75) is 20.4 Å². The van der Waals surface area contributed by atoms with Crippen molar-refractivity contribution in [3.63, 3.8) is 0 Å². The van der Waals surface area contributed by atoms with E-state index < -0.39 is 0 Å². The SMILES string of the molecule is CCn1c(C#Cc2ccc(OC)cc2C)c(C#N)c2ccc(OC)cc21. The highest BCUT2D eigenvalue weighted by Crippen LogP contribution is 2.29. The van der Waals surface area contributed by atoms with Crippen LogP contribution < -0.4 is 9.47 Å². The van der Waals surface area contributed by atoms with Gasteiger partial charge in [-0.1, -0.05) is 5.92 Å². The third kappa shape index (κ3) is 2.98. The molecule has 2 aromatic carbocycles. The molecule has 1 heterocycles. The standard InChI is InChI=1S/C22H20N2O2/c1-5-24-21(11-7-16-6-8-17(25-3)12-15(16)2)20(14-23)19-10-9-18(26-4)13-22(19)24/h6,8-10,12-13H,5H2,1-4H3. The van der Waals surface area contributed by atoms with Crippen LogP contribution in [0.3, 0.4) is 0 Å². The molecule has 0 saturated carbocycles. The number of ether oxygens (including phenoxy) is 2. The van der Waals surface area contributed by atoms with E-state index in [0.717, 1.165) is 45.8 Å². The van der Waals surface area contributed by atoms with Gasteiger partial charge in [0, 0.05) is 23.6 Å². The maximum atomic E-state index is 9.69. The van der Waals surface area contributed by atoms with Gasteiger partial charge in [-0.3, -0.25) is 0 Å². The number of aryl methyl sites for hydroxylation is 2. The first-order valence-corrected chi connectivity index (χ1v) is 8.39. The van der Waals surface area contributed by atoms with Crippen LogP contribution in [0.5, 0.6) is 11.5 Å². The van der Waals surface area contributed by atoms with Crippen molar-refractivity contribution >= 4 is 10.9 Å². The number of aromatic nitrogens is 1. The van der Waals surface area contributed by atoms with Crippen LogP contribution in [0, 0.1) is 30.1 Å². The lowest BCUT2D eigenvalue weighted by Crippen LogP contribution is -1.98. The van der Waals surface area contributed by atoms with Crippen molar-refractivity contribution < 1.29 is 9.47 Å². The number of nitrogens with zero attached hydrogens (tertiary/aromatic N) is 2. The fraction of sp³-hybridized carbons (Fsp3) is 0.227. The Morgan fingerprint density at radius 2 is 1.69 bits per heavy atom. The summed E-state index contributed by atoms with van der Waals surface area (Å²) in [4.78, 5) is 0. The zero-order valence-corrected chi connectivity index (χ0v) is 15.4. The predicted molar refractivity (Wildman–Crippen MR) is 103 cm³/mol. The van der Waals surface area contributed by atoms with E-state index in [-0.39, 0.29) is 0 Å². The van der Waals surface area contributed by atoms with E-state index in [1.807, 2.05) is 50.2 Å². The van der Waals surface area contributed by atoms with E-state index in [9.17, 15) is 5.26 Å². The van der Waals surface area contributed by atoms with Crippen molar-refractivity contribution in [2.75, 3.05) is 14.2 Å². The third-order valence-corrected chi connectivity index (χ3v) is 4.45. The predicted octanol–water partition coefficient (Wildman–Crippen LogP) is 4.26. The molecule has 4 heteroatoms. The summed E-state index contributed by atoms with van der Waals surface area (Å²) in [5.41, 5.74) is 4.24. The average molecular weight is 344 g/mol. The molecule has 130 valence electrons. The number of rotatable bonds is 3. The summed E-state index contributed by atoms with van der Waals surface area (Å²) in [5.74, 6) is 7.99. The van der Waals surface area contributed by atoms with Gasteiger partial charge in [-0.2, -0.15) is 5.26 Å². The van der Waals surface area contributed by atoms with Crippen LogP contribution in [-0.4, -0.2) is 18.8 Å². The normalized spacial score (nSPS) is 10.1. The molecule has 0 unspecified atom stereocenters. The van der Waals surface area contributed by atoms with E-state index in [0.29, 0.717) is 5.56 Å². The number of methoxy groups -OCH3 is 2. The smallest absolute Gasteiger partial charge is 0.120 e. The monoisotopic (exact) mass is 344 g/mol. The molecular formula is C22H20N2O2. The number of hydrogen-bond donors (Lipinski definition) is 0. The van der Waals surface area contributed by atoms with Crippen LogP contribution in [-0.2, 0) is 6.54 Å². The minimum atomic E-state index is 0.600. The highest BCUT2D eigenvalue weighted by Gasteiger charge is 2.15. The Morgan fingerprint density at radius 1 is 1.00 bits per heavy atom. The molecule has 0 saturated heterocycles. The summed E-state index contributed by atoms with van der Waals surface area (Å²) in [6.45, 7) is 4.76. The lowest BCUT2D eigenvalue weighted by molar-refractivity contribution is 0.414. The summed E-state index contributed by atoms with van der Waals surface area (Å²) in [5, 5.41) is 10.6. The lowest BCUT2D eigenvalue weighted by atomic mass is 10.1. The molecule has 0 atom stereocenters. The molecule has 1 aromatic heterocycles. The average Bonchev–Trinajstić information content (AvgIpc) is 2.98. The second-order valence-corrected chi connectivity index (χ2v) is 5.89. The minimum Gasteiger partial charge on any atom is -0.497 e. The van der Waals surface area contributed by atoms with Crippen molar-refractivity contribution in [3.8, 4) is 29.4 Å². The number of hydrogen-bond acceptors (Lipinski definition) is 3. The molecular weight excluding hydrogens is 324 g/mol. The fourth-order valence-corrected chi connectivity index (χ4v) is 3.06. The van der Waals surface area contributed by atoms with Crippen molar-refractivity contribution in [1.29, 1.82) is 5.26 Å². The zero-order chi connectivity index (χ0) is 18.7. The van der Waals surface area contributed by atoms with E-state index in [4.69, 9.17) is 9.47 Å². The van der Waals surface area contributed by atoms with Crippen molar-refractivity contribution in [2.24, 2.45) is 0 Å². The van der Waals surface area contributed by atoms with Crippen LogP contribution in [0.2, 0.25) is 0 Å². The van der Waals surface area contributed by atoms with Crippen LogP contribution >= 0.6 is 0 Å². The molecule has 3 rings (SSSR count). The molecule has 0 spiro atoms. The van der Waals surface area contributed by atoms with Gasteiger partial charge in [0.25, 0.3) is 0 Å². The molecule has 26 heavy (non-hydrogen) atoms. The first kappa shape index (κ1) is 17.5. The van der Waals surface area contributed by atoms with Crippen molar-refractivity contribution in [1.82, 2.24) is 4.57 Å². The zero-order valence-electron chi connectivity index (χ0n) is 15.4. The Morgan fingerprint density at radius 3 is 2.31 bits per heavy atom. The number of benzene rings is 2. The minimum absolute atomic E-state index is 0.600. The van der Waals surface area contributed by atoms with E-state index in [1.54, 1.807) is 14.2 Å². The van der Waals surface area contributed by atoms with Crippen LogP contribution in [0.4, 0.5) is 0 Å². The van der Waals surface area contributed by atoms with Crippen LogP contribution in [0.1, 0.15) is 29.3 Å². The molecule has 0 radical (unpaired) electrons. The van der Waals surface area contributed by atoms with Gasteiger partial charge in [0.05, 0.1) is 25.3 Å². The molecule has 0 N–H and O–H groups in total. The molecule has 0 aliphatic heterocycles. The topological polar surface area (TPSA) is 47.2 Å². The van der Waals surface area contributed by atoms with Gasteiger partial charge >= 0.3 is 0 Å². The first-order chi connectivity index (χ1) is 12.6. The van der Waals surface area contributed by atoms with Crippen LogP contribution in [0.25, 0.3) is 10.9 Å². The van der Waals surface area contributed by atoms with Crippen molar-refractivity contribution in [3.05, 3.63) is 58.8 Å². The Hall–Kier alpha value is -3.37. The summed E-state index contributed by atoms with van der Waals surface area (Å²) >= 11 is 0.